The van der Waals surface area contributed by atoms with Crippen LogP contribution in [0.1, 0.15) is 44.0 Å². The number of nitrogens with zero attached hydrogens (tertiary/aromatic N) is 5. The summed E-state index contributed by atoms with van der Waals surface area (Å²) in [7, 11) is 0. The number of hydrogen-bond acceptors (Lipinski definition) is 5. The van der Waals surface area contributed by atoms with Gasteiger partial charge in [0.15, 0.2) is 6.17 Å². The summed E-state index contributed by atoms with van der Waals surface area (Å²) in [6.45, 7) is 6.12. The monoisotopic (exact) mass is 411 g/mol. The molecule has 5 rings (SSSR count). The lowest BCUT2D eigenvalue weighted by Crippen LogP contribution is -2.44. The van der Waals surface area contributed by atoms with Crippen molar-refractivity contribution in [2.24, 2.45) is 20.9 Å². The summed E-state index contributed by atoms with van der Waals surface area (Å²) in [6, 6.07) is 21.3. The average molecular weight is 412 g/mol. The maximum Gasteiger partial charge on any atom is 0.235 e. The molecule has 5 nitrogen and oxygen atoms in total. The maximum absolute atomic E-state index is 5.12. The van der Waals surface area contributed by atoms with Crippen molar-refractivity contribution in [1.29, 1.82) is 0 Å². The number of allylic oxidation sites excluding steroid dienone is 2. The fourth-order valence-electron chi connectivity index (χ4n) is 4.73. The van der Waals surface area contributed by atoms with Crippen molar-refractivity contribution in [3.05, 3.63) is 83.6 Å². The number of benzene rings is 2. The molecule has 1 atom stereocenters. The van der Waals surface area contributed by atoms with Gasteiger partial charge in [0.2, 0.25) is 11.9 Å². The third-order valence-electron chi connectivity index (χ3n) is 6.33. The van der Waals surface area contributed by atoms with Gasteiger partial charge in [-0.05, 0) is 56.2 Å². The van der Waals surface area contributed by atoms with E-state index in [-0.39, 0.29) is 6.17 Å². The Morgan fingerprint density at radius 3 is 2.23 bits per heavy atom. The second-order valence-corrected chi connectivity index (χ2v) is 8.65. The molecule has 0 bridgehead atoms. The predicted octanol–water partition coefficient (Wildman–Crippen LogP) is 5.05. The number of rotatable bonds is 3. The molecule has 0 N–H and O–H groups in total. The first-order valence-corrected chi connectivity index (χ1v) is 11.2. The Kier molecular flexibility index (Phi) is 5.41. The van der Waals surface area contributed by atoms with Crippen molar-refractivity contribution < 1.29 is 0 Å². The Morgan fingerprint density at radius 2 is 1.52 bits per heavy atom. The smallest absolute Gasteiger partial charge is 0.235 e. The lowest BCUT2D eigenvalue weighted by molar-refractivity contribution is 0.257. The van der Waals surface area contributed by atoms with Crippen LogP contribution in [0.4, 0.5) is 0 Å². The fraction of sp³-hybridized carbons (Fsp3) is 0.346. The van der Waals surface area contributed by atoms with Crippen molar-refractivity contribution in [3.8, 4) is 0 Å². The van der Waals surface area contributed by atoms with Crippen LogP contribution < -0.4 is 0 Å². The minimum Gasteiger partial charge on any atom is -0.341 e. The highest BCUT2D eigenvalue weighted by molar-refractivity contribution is 6.09. The summed E-state index contributed by atoms with van der Waals surface area (Å²) in [4.78, 5) is 19.3. The summed E-state index contributed by atoms with van der Waals surface area (Å²) in [5.74, 6) is 2.30. The number of likely N-dealkylation sites (tertiary alicyclic amines) is 1. The summed E-state index contributed by atoms with van der Waals surface area (Å²) < 4.78 is 0. The van der Waals surface area contributed by atoms with Crippen LogP contribution in [0.25, 0.3) is 0 Å². The van der Waals surface area contributed by atoms with Gasteiger partial charge in [-0.15, -0.1) is 0 Å². The van der Waals surface area contributed by atoms with E-state index in [4.69, 9.17) is 15.0 Å². The van der Waals surface area contributed by atoms with Crippen LogP contribution in [0.15, 0.2) is 87.4 Å². The third-order valence-corrected chi connectivity index (χ3v) is 6.33. The van der Waals surface area contributed by atoms with E-state index in [9.17, 15) is 0 Å². The molecule has 1 saturated heterocycles. The van der Waals surface area contributed by atoms with Gasteiger partial charge in [-0.3, -0.25) is 4.90 Å². The molecular weight excluding hydrogens is 382 g/mol. The highest BCUT2D eigenvalue weighted by Gasteiger charge is 2.33. The Morgan fingerprint density at radius 1 is 0.839 bits per heavy atom. The summed E-state index contributed by atoms with van der Waals surface area (Å²) in [5, 5.41) is 0. The van der Waals surface area contributed by atoms with Gasteiger partial charge in [0.25, 0.3) is 0 Å². The second kappa shape index (κ2) is 8.50. The molecule has 0 saturated carbocycles. The SMILES string of the molecule is CC1=CC(C)=NC2=NC(N3CCC(Cc4ccccc4)CC3)=N[C@H](c3ccccc3)N12. The van der Waals surface area contributed by atoms with E-state index in [2.05, 4.69) is 77.4 Å². The van der Waals surface area contributed by atoms with Gasteiger partial charge in [-0.1, -0.05) is 60.7 Å². The van der Waals surface area contributed by atoms with Crippen molar-refractivity contribution in [1.82, 2.24) is 9.80 Å². The van der Waals surface area contributed by atoms with Crippen LogP contribution in [0.5, 0.6) is 0 Å². The molecule has 1 fully saturated rings. The van der Waals surface area contributed by atoms with Crippen LogP contribution >= 0.6 is 0 Å². The number of hydrogen-bond donors (Lipinski definition) is 0. The van der Waals surface area contributed by atoms with E-state index in [0.29, 0.717) is 0 Å². The first-order chi connectivity index (χ1) is 15.2. The first-order valence-electron chi connectivity index (χ1n) is 11.2. The number of guanidine groups is 2. The highest BCUT2D eigenvalue weighted by atomic mass is 15.4. The minimum atomic E-state index is -0.126. The molecular formula is C26H29N5. The van der Waals surface area contributed by atoms with Gasteiger partial charge in [0, 0.05) is 24.5 Å². The molecule has 3 heterocycles. The van der Waals surface area contributed by atoms with Crippen molar-refractivity contribution >= 4 is 17.6 Å². The van der Waals surface area contributed by atoms with Gasteiger partial charge in [0.1, 0.15) is 0 Å². The highest BCUT2D eigenvalue weighted by Crippen LogP contribution is 2.33. The van der Waals surface area contributed by atoms with Crippen LogP contribution in [0.2, 0.25) is 0 Å². The van der Waals surface area contributed by atoms with Gasteiger partial charge in [-0.2, -0.15) is 4.99 Å². The van der Waals surface area contributed by atoms with Crippen LogP contribution in [0, 0.1) is 5.92 Å². The molecule has 31 heavy (non-hydrogen) atoms. The van der Waals surface area contributed by atoms with Crippen LogP contribution in [0.3, 0.4) is 0 Å². The zero-order valence-electron chi connectivity index (χ0n) is 18.3. The van der Waals surface area contributed by atoms with E-state index in [1.54, 1.807) is 0 Å². The standard InChI is InChI=1S/C26H29N5/c1-19-17-20(2)31-24(23-11-7-4-8-12-23)28-25(29-26(31)27-19)30-15-13-22(14-16-30)18-21-9-5-3-6-10-21/h3-12,17,22,24H,13-16,18H2,1-2H3/t24-/m0/s1. The zero-order chi connectivity index (χ0) is 21.2. The predicted molar refractivity (Wildman–Crippen MR) is 127 cm³/mol. The van der Waals surface area contributed by atoms with Gasteiger partial charge in [-0.25, -0.2) is 9.98 Å². The third kappa shape index (κ3) is 4.18. The summed E-state index contributed by atoms with van der Waals surface area (Å²) >= 11 is 0. The minimum absolute atomic E-state index is 0.126. The molecule has 0 radical (unpaired) electrons. The average Bonchev–Trinajstić information content (AvgIpc) is 2.80. The largest absolute Gasteiger partial charge is 0.341 e. The molecule has 0 amide bonds. The quantitative estimate of drug-likeness (QED) is 0.710. The molecule has 0 unspecified atom stereocenters. The lowest BCUT2D eigenvalue weighted by atomic mass is 9.90. The Labute approximate surface area is 184 Å². The normalized spacial score (nSPS) is 21.7. The molecule has 0 aliphatic carbocycles. The number of aliphatic imine (C=N–C) groups is 3. The van der Waals surface area contributed by atoms with Crippen molar-refractivity contribution in [2.75, 3.05) is 13.1 Å². The first kappa shape index (κ1) is 19.7. The topological polar surface area (TPSA) is 43.6 Å². The van der Waals surface area contributed by atoms with Crippen molar-refractivity contribution in [2.45, 2.75) is 39.3 Å². The summed E-state index contributed by atoms with van der Waals surface area (Å²) in [5.41, 5.74) is 4.71. The van der Waals surface area contributed by atoms with E-state index >= 15 is 0 Å². The molecule has 0 spiro atoms. The van der Waals surface area contributed by atoms with Gasteiger partial charge in [0.05, 0.1) is 0 Å². The number of piperidine rings is 1. The Bertz CT molecular complexity index is 1040. The van der Waals surface area contributed by atoms with E-state index in [1.165, 1.54) is 18.4 Å². The van der Waals surface area contributed by atoms with Gasteiger partial charge >= 0.3 is 0 Å². The zero-order valence-corrected chi connectivity index (χ0v) is 18.3. The molecule has 2 aromatic rings. The Balaban J connectivity index is 1.37. The van der Waals surface area contributed by atoms with E-state index in [1.807, 2.05) is 13.0 Å². The maximum atomic E-state index is 5.12. The lowest BCUT2D eigenvalue weighted by Gasteiger charge is -2.39. The van der Waals surface area contributed by atoms with Gasteiger partial charge < -0.3 is 4.90 Å². The molecule has 5 heteroatoms. The molecule has 158 valence electrons. The van der Waals surface area contributed by atoms with Crippen molar-refractivity contribution in [3.63, 3.8) is 0 Å². The molecule has 0 aromatic heterocycles. The summed E-state index contributed by atoms with van der Waals surface area (Å²) in [6.07, 6.45) is 5.46. The number of fused-ring (bicyclic) bond motifs is 1. The fourth-order valence-corrected chi connectivity index (χ4v) is 4.73. The molecule has 2 aromatic carbocycles. The molecule has 3 aliphatic heterocycles. The van der Waals surface area contributed by atoms with E-state index < -0.39 is 0 Å². The second-order valence-electron chi connectivity index (χ2n) is 8.65. The van der Waals surface area contributed by atoms with Crippen LogP contribution in [-0.4, -0.2) is 40.5 Å². The molecule has 3 aliphatic rings. The van der Waals surface area contributed by atoms with Crippen LogP contribution in [-0.2, 0) is 6.42 Å². The Hall–Kier alpha value is -3.21. The van der Waals surface area contributed by atoms with E-state index in [0.717, 1.165) is 54.3 Å².